The number of ether oxygens (including phenoxy) is 1. The van der Waals surface area contributed by atoms with Gasteiger partial charge in [0, 0.05) is 0 Å². The number of aliphatic hydroxyl groups excluding tert-OH is 1. The van der Waals surface area contributed by atoms with Gasteiger partial charge in [-0.25, -0.2) is 4.79 Å². The number of aliphatic hydroxyl groups is 1. The first-order valence-electron chi connectivity index (χ1n) is 5.36. The Kier molecular flexibility index (Phi) is 7.59. The molecule has 0 aliphatic carbocycles. The van der Waals surface area contributed by atoms with Gasteiger partial charge in [0.25, 0.3) is 0 Å². The minimum atomic E-state index is -0.513. The van der Waals surface area contributed by atoms with Gasteiger partial charge in [0.15, 0.2) is 0 Å². The van der Waals surface area contributed by atoms with Crippen molar-refractivity contribution < 1.29 is 14.6 Å². The molecule has 0 amide bonds. The predicted molar refractivity (Wildman–Crippen MR) is 65.0 cm³/mol. The Labute approximate surface area is 96.4 Å². The second-order valence-corrected chi connectivity index (χ2v) is 2.63. The molecule has 0 saturated carbocycles. The van der Waals surface area contributed by atoms with Gasteiger partial charge in [-0.1, -0.05) is 44.2 Å². The van der Waals surface area contributed by atoms with Crippen molar-refractivity contribution in [3.8, 4) is 0 Å². The van der Waals surface area contributed by atoms with Crippen molar-refractivity contribution in [3.05, 3.63) is 42.2 Å². The fraction of sp³-hybridized carbons (Fsp3) is 0.308. The highest BCUT2D eigenvalue weighted by molar-refractivity contribution is 6.16. The second-order valence-electron chi connectivity index (χ2n) is 2.63. The fourth-order valence-corrected chi connectivity index (χ4v) is 1.07. The van der Waals surface area contributed by atoms with Crippen LogP contribution < -0.4 is 0 Å². The molecular weight excluding hydrogens is 204 g/mol. The lowest BCUT2D eigenvalue weighted by atomic mass is 10.1. The molecule has 0 bridgehead atoms. The highest BCUT2D eigenvalue weighted by Gasteiger charge is 2.12. The average molecular weight is 222 g/mol. The van der Waals surface area contributed by atoms with Gasteiger partial charge in [-0.05, 0) is 12.5 Å². The molecule has 0 radical (unpaired) electrons. The van der Waals surface area contributed by atoms with Crippen LogP contribution in [0.3, 0.4) is 0 Å². The molecule has 1 aromatic rings. The third-order valence-corrected chi connectivity index (χ3v) is 1.71. The van der Waals surface area contributed by atoms with E-state index in [2.05, 4.69) is 0 Å². The molecule has 0 unspecified atom stereocenters. The zero-order chi connectivity index (χ0) is 12.4. The van der Waals surface area contributed by atoms with Crippen LogP contribution in [-0.2, 0) is 9.53 Å². The van der Waals surface area contributed by atoms with Gasteiger partial charge in [-0.3, -0.25) is 0 Å². The number of hydrogen-bond acceptors (Lipinski definition) is 3. The topological polar surface area (TPSA) is 46.5 Å². The third kappa shape index (κ3) is 4.17. The molecule has 1 rings (SSSR count). The van der Waals surface area contributed by atoms with Crippen LogP contribution in [0.4, 0.5) is 0 Å². The molecule has 0 aliphatic rings. The number of carbonyl (C=O) groups excluding carboxylic acids is 1. The summed E-state index contributed by atoms with van der Waals surface area (Å²) in [5.41, 5.74) is 0.820. The van der Waals surface area contributed by atoms with Gasteiger partial charge in [0.05, 0.1) is 12.9 Å². The largest absolute Gasteiger partial charge is 0.515 e. The van der Waals surface area contributed by atoms with E-state index in [1.54, 1.807) is 31.2 Å². The van der Waals surface area contributed by atoms with E-state index in [4.69, 9.17) is 9.84 Å². The number of carbonyl (C=O) groups is 1. The van der Waals surface area contributed by atoms with Gasteiger partial charge in [0.1, 0.15) is 5.57 Å². The minimum Gasteiger partial charge on any atom is -0.515 e. The van der Waals surface area contributed by atoms with Gasteiger partial charge in [-0.15, -0.1) is 0 Å². The van der Waals surface area contributed by atoms with Crippen molar-refractivity contribution in [1.82, 2.24) is 0 Å². The minimum absolute atomic E-state index is 0.174. The van der Waals surface area contributed by atoms with Crippen LogP contribution in [0.5, 0.6) is 0 Å². The van der Waals surface area contributed by atoms with Crippen molar-refractivity contribution in [2.45, 2.75) is 20.8 Å². The summed E-state index contributed by atoms with van der Waals surface area (Å²) >= 11 is 0. The van der Waals surface area contributed by atoms with Gasteiger partial charge in [-0.2, -0.15) is 0 Å². The molecule has 3 nitrogen and oxygen atoms in total. The molecule has 0 spiro atoms. The van der Waals surface area contributed by atoms with Crippen molar-refractivity contribution in [2.24, 2.45) is 0 Å². The molecule has 16 heavy (non-hydrogen) atoms. The monoisotopic (exact) mass is 222 g/mol. The highest BCUT2D eigenvalue weighted by atomic mass is 16.5. The normalized spacial score (nSPS) is 10.1. The molecule has 0 aromatic heterocycles. The molecule has 0 heterocycles. The Hall–Kier alpha value is -1.77. The zero-order valence-corrected chi connectivity index (χ0v) is 9.93. The molecule has 0 saturated heterocycles. The Morgan fingerprint density at radius 1 is 1.31 bits per heavy atom. The van der Waals surface area contributed by atoms with Crippen LogP contribution in [-0.4, -0.2) is 17.7 Å². The third-order valence-electron chi connectivity index (χ3n) is 1.71. The second kappa shape index (κ2) is 8.53. The van der Waals surface area contributed by atoms with Crippen molar-refractivity contribution in [3.63, 3.8) is 0 Å². The summed E-state index contributed by atoms with van der Waals surface area (Å²) in [5, 5.41) is 8.91. The lowest BCUT2D eigenvalue weighted by Crippen LogP contribution is -2.06. The fourth-order valence-electron chi connectivity index (χ4n) is 1.07. The Bertz CT molecular complexity index is 328. The smallest absolute Gasteiger partial charge is 0.341 e. The molecular formula is C13H18O3. The van der Waals surface area contributed by atoms with E-state index < -0.39 is 5.97 Å². The Balaban J connectivity index is 0.00000106. The maximum Gasteiger partial charge on any atom is 0.341 e. The summed E-state index contributed by atoms with van der Waals surface area (Å²) in [6, 6.07) is 8.89. The highest BCUT2D eigenvalue weighted by Crippen LogP contribution is 2.14. The van der Waals surface area contributed by atoms with E-state index in [0.717, 1.165) is 6.26 Å². The van der Waals surface area contributed by atoms with Crippen LogP contribution in [0.25, 0.3) is 5.57 Å². The summed E-state index contributed by atoms with van der Waals surface area (Å²) < 4.78 is 4.78. The molecule has 1 N–H and O–H groups in total. The first-order valence-corrected chi connectivity index (χ1v) is 5.36. The van der Waals surface area contributed by atoms with Crippen LogP contribution in [0.1, 0.15) is 26.3 Å². The standard InChI is InChI=1S/C11H12O3.C2H6/c1-2-14-11(13)10(8-12)9-6-4-3-5-7-9;1-2/h3-8,12H,2H2,1H3;1-2H3/b10-8+;. The summed E-state index contributed by atoms with van der Waals surface area (Å²) in [6.07, 6.45) is 0.771. The van der Waals surface area contributed by atoms with Crippen molar-refractivity contribution >= 4 is 11.5 Å². The summed E-state index contributed by atoms with van der Waals surface area (Å²) in [7, 11) is 0. The Morgan fingerprint density at radius 2 is 1.88 bits per heavy atom. The maximum absolute atomic E-state index is 11.3. The molecule has 0 atom stereocenters. The summed E-state index contributed by atoms with van der Waals surface area (Å²) in [4.78, 5) is 11.3. The number of benzene rings is 1. The van der Waals surface area contributed by atoms with Crippen LogP contribution in [0, 0.1) is 0 Å². The summed E-state index contributed by atoms with van der Waals surface area (Å²) in [5.74, 6) is -0.513. The SMILES string of the molecule is CC.CCOC(=O)/C(=C/O)c1ccccc1. The van der Waals surface area contributed by atoms with E-state index in [1.165, 1.54) is 0 Å². The van der Waals surface area contributed by atoms with Crippen LogP contribution >= 0.6 is 0 Å². The number of esters is 1. The van der Waals surface area contributed by atoms with Crippen LogP contribution in [0.15, 0.2) is 36.6 Å². The quantitative estimate of drug-likeness (QED) is 0.485. The molecule has 0 aliphatic heterocycles. The van der Waals surface area contributed by atoms with E-state index in [9.17, 15) is 4.79 Å². The zero-order valence-electron chi connectivity index (χ0n) is 9.93. The molecule has 0 fully saturated rings. The van der Waals surface area contributed by atoms with E-state index in [1.807, 2.05) is 19.9 Å². The lowest BCUT2D eigenvalue weighted by molar-refractivity contribution is -0.136. The summed E-state index contributed by atoms with van der Waals surface area (Å²) in [6.45, 7) is 6.01. The molecule has 3 heteroatoms. The average Bonchev–Trinajstić information content (AvgIpc) is 2.34. The molecule has 88 valence electrons. The van der Waals surface area contributed by atoms with E-state index in [0.29, 0.717) is 12.2 Å². The first kappa shape index (κ1) is 14.2. The first-order chi connectivity index (χ1) is 7.79. The maximum atomic E-state index is 11.3. The lowest BCUT2D eigenvalue weighted by Gasteiger charge is -2.04. The van der Waals surface area contributed by atoms with Crippen molar-refractivity contribution in [2.75, 3.05) is 6.61 Å². The van der Waals surface area contributed by atoms with Crippen LogP contribution in [0.2, 0.25) is 0 Å². The van der Waals surface area contributed by atoms with E-state index >= 15 is 0 Å². The van der Waals surface area contributed by atoms with Crippen molar-refractivity contribution in [1.29, 1.82) is 0 Å². The number of rotatable bonds is 3. The van der Waals surface area contributed by atoms with Gasteiger partial charge < -0.3 is 9.84 Å². The number of hydrogen-bond donors (Lipinski definition) is 1. The predicted octanol–water partition coefficient (Wildman–Crippen LogP) is 3.17. The Morgan fingerprint density at radius 3 is 2.31 bits per heavy atom. The molecule has 1 aromatic carbocycles. The van der Waals surface area contributed by atoms with E-state index in [-0.39, 0.29) is 5.57 Å². The van der Waals surface area contributed by atoms with Gasteiger partial charge in [0.2, 0.25) is 0 Å². The van der Waals surface area contributed by atoms with Gasteiger partial charge >= 0.3 is 5.97 Å².